The van der Waals surface area contributed by atoms with Crippen molar-refractivity contribution in [2.24, 2.45) is 17.8 Å². The number of fused-ring (bicyclic) bond motifs is 4. The fourth-order valence-corrected chi connectivity index (χ4v) is 9.10. The summed E-state index contributed by atoms with van der Waals surface area (Å²) in [6, 6.07) is 39.2. The molecule has 0 saturated heterocycles. The molecule has 2 N–H and O–H groups in total. The third kappa shape index (κ3) is 5.62. The number of anilines is 1. The summed E-state index contributed by atoms with van der Waals surface area (Å²) in [4.78, 5) is 32.1. The van der Waals surface area contributed by atoms with Crippen LogP contribution in [0.2, 0.25) is 5.15 Å². The zero-order chi connectivity index (χ0) is 36.8. The lowest BCUT2D eigenvalue weighted by atomic mass is 9.61. The number of carboxylic acids is 1. The van der Waals surface area contributed by atoms with Crippen LogP contribution in [0.5, 0.6) is 0 Å². The number of carboxylic acid groups (broad SMARTS) is 1. The van der Waals surface area contributed by atoms with Crippen molar-refractivity contribution in [3.05, 3.63) is 161 Å². The molecule has 2 atom stereocenters. The standard InChI is InChI=1S/C44H36ClFN6O2/c45-34-25-47-42-39(48-34)33(26-52(42)44(30-15-7-2-8-16-30,31-17-9-3-10-18-31)32-19-11-4-12-20-32)40-50-38(28-13-5-1-6-14-28)36(46)41(51-40)49-37-29-23-21-27(22-24-29)35(37)43(53)54/h1-20,25-27,29,35,37H,21-24H2,(H,53,54)(H,49,50,51). The average Bonchev–Trinajstić information content (AvgIpc) is 3.59. The van der Waals surface area contributed by atoms with Crippen molar-refractivity contribution in [1.82, 2.24) is 24.5 Å². The lowest BCUT2D eigenvalue weighted by molar-refractivity contribution is -0.148. The van der Waals surface area contributed by atoms with E-state index in [1.807, 2.05) is 79.0 Å². The van der Waals surface area contributed by atoms with Gasteiger partial charge < -0.3 is 15.0 Å². The highest BCUT2D eigenvalue weighted by atomic mass is 35.5. The highest BCUT2D eigenvalue weighted by molar-refractivity contribution is 6.29. The molecule has 3 fully saturated rings. The number of aliphatic carboxylic acids is 1. The molecule has 3 aromatic heterocycles. The molecular formula is C44H36ClFN6O2. The van der Waals surface area contributed by atoms with E-state index >= 15 is 4.39 Å². The first-order valence-electron chi connectivity index (χ1n) is 18.3. The predicted octanol–water partition coefficient (Wildman–Crippen LogP) is 9.49. The molecule has 7 aromatic rings. The zero-order valence-electron chi connectivity index (χ0n) is 29.2. The molecule has 54 heavy (non-hydrogen) atoms. The molecule has 8 nitrogen and oxygen atoms in total. The highest BCUT2D eigenvalue weighted by Crippen LogP contribution is 2.48. The van der Waals surface area contributed by atoms with E-state index in [0.29, 0.717) is 22.3 Å². The van der Waals surface area contributed by atoms with Gasteiger partial charge in [0.2, 0.25) is 0 Å². The Balaban J connectivity index is 1.32. The minimum absolute atomic E-state index is 0.0282. The van der Waals surface area contributed by atoms with Gasteiger partial charge in [-0.2, -0.15) is 0 Å². The number of hydrogen-bond acceptors (Lipinski definition) is 6. The van der Waals surface area contributed by atoms with E-state index in [0.717, 1.165) is 42.4 Å². The van der Waals surface area contributed by atoms with Gasteiger partial charge in [0.05, 0.1) is 17.7 Å². The third-order valence-electron chi connectivity index (χ3n) is 11.3. The molecule has 268 valence electrons. The Morgan fingerprint density at radius 3 is 1.85 bits per heavy atom. The normalized spacial score (nSPS) is 19.5. The maximum Gasteiger partial charge on any atom is 0.308 e. The van der Waals surface area contributed by atoms with E-state index in [-0.39, 0.29) is 34.3 Å². The molecule has 3 aliphatic rings. The summed E-state index contributed by atoms with van der Waals surface area (Å²) < 4.78 is 18.9. The van der Waals surface area contributed by atoms with E-state index in [1.165, 1.54) is 6.20 Å². The molecule has 3 heterocycles. The SMILES string of the molecule is O=C(O)C1C2CCC(CC2)C1Nc1nc(-c2cn(C(c3ccccc3)(c3ccccc3)c3ccccc3)c3ncc(Cl)nc23)nc(-c2ccccc2)c1F. The molecule has 0 amide bonds. The average molecular weight is 735 g/mol. The van der Waals surface area contributed by atoms with E-state index in [4.69, 9.17) is 31.5 Å². The van der Waals surface area contributed by atoms with Crippen molar-refractivity contribution >= 4 is 34.6 Å². The molecule has 3 saturated carbocycles. The number of benzene rings is 4. The predicted molar refractivity (Wildman–Crippen MR) is 208 cm³/mol. The lowest BCUT2D eigenvalue weighted by Crippen LogP contribution is -2.51. The van der Waals surface area contributed by atoms with Crippen molar-refractivity contribution in [2.45, 2.75) is 37.3 Å². The van der Waals surface area contributed by atoms with Crippen LogP contribution in [0.3, 0.4) is 0 Å². The van der Waals surface area contributed by atoms with Gasteiger partial charge in [0.25, 0.3) is 0 Å². The number of nitrogens with zero attached hydrogens (tertiary/aromatic N) is 5. The Morgan fingerprint density at radius 1 is 0.759 bits per heavy atom. The van der Waals surface area contributed by atoms with Crippen LogP contribution in [0, 0.1) is 23.6 Å². The Hall–Kier alpha value is -5.93. The van der Waals surface area contributed by atoms with Gasteiger partial charge in [-0.1, -0.05) is 133 Å². The summed E-state index contributed by atoms with van der Waals surface area (Å²) in [6.07, 6.45) is 6.95. The van der Waals surface area contributed by atoms with Gasteiger partial charge >= 0.3 is 5.97 Å². The number of hydrogen-bond donors (Lipinski definition) is 2. The summed E-state index contributed by atoms with van der Waals surface area (Å²) in [5, 5.41) is 13.9. The molecule has 2 bridgehead atoms. The quantitative estimate of drug-likeness (QED) is 0.142. The first kappa shape index (κ1) is 33.9. The van der Waals surface area contributed by atoms with Gasteiger partial charge in [0.1, 0.15) is 21.9 Å². The smallest absolute Gasteiger partial charge is 0.308 e. The second kappa shape index (κ2) is 13.8. The molecule has 10 heteroatoms. The number of aromatic nitrogens is 5. The molecule has 10 rings (SSSR count). The number of nitrogens with one attached hydrogen (secondary N) is 1. The first-order chi connectivity index (χ1) is 26.4. The molecule has 0 aliphatic heterocycles. The lowest BCUT2D eigenvalue weighted by Gasteiger charge is -2.47. The van der Waals surface area contributed by atoms with Gasteiger partial charge in [-0.05, 0) is 54.2 Å². The summed E-state index contributed by atoms with van der Waals surface area (Å²) in [7, 11) is 0. The summed E-state index contributed by atoms with van der Waals surface area (Å²) in [5.41, 5.74) is 4.06. The largest absolute Gasteiger partial charge is 0.481 e. The van der Waals surface area contributed by atoms with Crippen LogP contribution < -0.4 is 5.32 Å². The minimum atomic E-state index is -0.956. The van der Waals surface area contributed by atoms with Crippen LogP contribution >= 0.6 is 11.6 Å². The van der Waals surface area contributed by atoms with E-state index in [1.54, 1.807) is 12.1 Å². The van der Waals surface area contributed by atoms with Crippen molar-refractivity contribution < 1.29 is 14.3 Å². The second-order valence-electron chi connectivity index (χ2n) is 14.2. The van der Waals surface area contributed by atoms with Crippen LogP contribution in [-0.2, 0) is 10.3 Å². The van der Waals surface area contributed by atoms with Gasteiger partial charge in [0.15, 0.2) is 23.1 Å². The van der Waals surface area contributed by atoms with Gasteiger partial charge in [-0.3, -0.25) is 4.79 Å². The van der Waals surface area contributed by atoms with E-state index in [2.05, 4.69) is 46.3 Å². The summed E-state index contributed by atoms with van der Waals surface area (Å²) >= 11 is 6.60. The number of halogens is 2. The van der Waals surface area contributed by atoms with Crippen LogP contribution in [0.15, 0.2) is 134 Å². The molecular weight excluding hydrogens is 699 g/mol. The monoisotopic (exact) mass is 734 g/mol. The third-order valence-corrected chi connectivity index (χ3v) is 11.5. The van der Waals surface area contributed by atoms with Crippen LogP contribution in [-0.4, -0.2) is 41.6 Å². The maximum absolute atomic E-state index is 16.8. The van der Waals surface area contributed by atoms with Crippen molar-refractivity contribution in [3.8, 4) is 22.6 Å². The van der Waals surface area contributed by atoms with Crippen LogP contribution in [0.25, 0.3) is 33.8 Å². The molecule has 0 spiro atoms. The van der Waals surface area contributed by atoms with Crippen molar-refractivity contribution in [3.63, 3.8) is 0 Å². The Kier molecular flexibility index (Phi) is 8.66. The Morgan fingerprint density at radius 2 is 1.30 bits per heavy atom. The maximum atomic E-state index is 16.8. The molecule has 2 unspecified atom stereocenters. The number of carbonyl (C=O) groups is 1. The van der Waals surface area contributed by atoms with Crippen molar-refractivity contribution in [2.75, 3.05) is 5.32 Å². The number of rotatable bonds is 9. The fraction of sp³-hybridized carbons (Fsp3) is 0.205. The highest BCUT2D eigenvalue weighted by Gasteiger charge is 2.48. The zero-order valence-corrected chi connectivity index (χ0v) is 29.9. The van der Waals surface area contributed by atoms with Crippen LogP contribution in [0.4, 0.5) is 10.2 Å². The molecule has 4 aromatic carbocycles. The summed E-state index contributed by atoms with van der Waals surface area (Å²) in [5.74, 6) is -1.88. The van der Waals surface area contributed by atoms with Gasteiger partial charge in [0, 0.05) is 17.8 Å². The van der Waals surface area contributed by atoms with Crippen LogP contribution in [0.1, 0.15) is 42.4 Å². The molecule has 0 radical (unpaired) electrons. The van der Waals surface area contributed by atoms with Crippen molar-refractivity contribution in [1.29, 1.82) is 0 Å². The van der Waals surface area contributed by atoms with E-state index < -0.39 is 29.3 Å². The summed E-state index contributed by atoms with van der Waals surface area (Å²) in [6.45, 7) is 0. The topological polar surface area (TPSA) is 106 Å². The van der Waals surface area contributed by atoms with Gasteiger partial charge in [-0.15, -0.1) is 0 Å². The Bertz CT molecular complexity index is 2360. The minimum Gasteiger partial charge on any atom is -0.481 e. The van der Waals surface area contributed by atoms with E-state index in [9.17, 15) is 9.90 Å². The first-order valence-corrected chi connectivity index (χ1v) is 18.6. The molecule has 3 aliphatic carbocycles. The van der Waals surface area contributed by atoms with Gasteiger partial charge in [-0.25, -0.2) is 24.3 Å². The fourth-order valence-electron chi connectivity index (χ4n) is 8.97. The Labute approximate surface area is 316 Å². The second-order valence-corrected chi connectivity index (χ2v) is 14.6.